The van der Waals surface area contributed by atoms with E-state index < -0.39 is 24.0 Å². The molecule has 2 aromatic carbocycles. The van der Waals surface area contributed by atoms with E-state index in [0.717, 1.165) is 49.5 Å². The Morgan fingerprint density at radius 1 is 0.974 bits per heavy atom. The van der Waals surface area contributed by atoms with Crippen LogP contribution in [0.4, 0.5) is 24.5 Å². The van der Waals surface area contributed by atoms with Gasteiger partial charge in [0.15, 0.2) is 0 Å². The number of hydrogen-bond donors (Lipinski definition) is 4. The molecule has 1 aromatic heterocycles. The lowest BCUT2D eigenvalue weighted by Crippen LogP contribution is -2.35. The van der Waals surface area contributed by atoms with Gasteiger partial charge in [-0.3, -0.25) is 9.59 Å². The monoisotopic (exact) mass is 546 g/mol. The maximum atomic E-state index is 12.3. The van der Waals surface area contributed by atoms with Crippen LogP contribution in [-0.2, 0) is 20.9 Å². The van der Waals surface area contributed by atoms with Gasteiger partial charge in [0.1, 0.15) is 5.82 Å². The number of aromatic amines is 1. The number of imidazole rings is 1. The molecule has 0 bridgehead atoms. The number of carbonyl (C=O) groups is 3. The Bertz CT molecular complexity index is 1250. The van der Waals surface area contributed by atoms with Crippen LogP contribution in [0.5, 0.6) is 0 Å². The molecule has 208 valence electrons. The molecular formula is C26H29F3N6O4. The van der Waals surface area contributed by atoms with E-state index in [0.29, 0.717) is 11.5 Å². The molecule has 0 aliphatic carbocycles. The van der Waals surface area contributed by atoms with Crippen LogP contribution < -0.4 is 15.5 Å². The van der Waals surface area contributed by atoms with Gasteiger partial charge in [0.05, 0.1) is 18.4 Å². The van der Waals surface area contributed by atoms with E-state index in [4.69, 9.17) is 9.90 Å². The lowest BCUT2D eigenvalue weighted by molar-refractivity contribution is -0.192. The van der Waals surface area contributed by atoms with E-state index in [-0.39, 0.29) is 6.54 Å². The largest absolute Gasteiger partial charge is 0.490 e. The molecule has 1 aliphatic rings. The lowest BCUT2D eigenvalue weighted by Gasteiger charge is -2.23. The number of carbonyl (C=O) groups excluding carboxylic acids is 2. The molecule has 0 saturated carbocycles. The first-order valence-electron chi connectivity index (χ1n) is 12.0. The Balaban J connectivity index is 0.000000532. The predicted molar refractivity (Wildman–Crippen MR) is 139 cm³/mol. The zero-order chi connectivity index (χ0) is 28.4. The fourth-order valence-electron chi connectivity index (χ4n) is 3.71. The Hall–Kier alpha value is -4.39. The van der Waals surface area contributed by atoms with Crippen LogP contribution in [0.25, 0.3) is 11.3 Å². The number of aliphatic carboxylic acids is 1. The summed E-state index contributed by atoms with van der Waals surface area (Å²) in [6, 6.07) is 17.4. The second-order valence-corrected chi connectivity index (χ2v) is 8.74. The summed E-state index contributed by atoms with van der Waals surface area (Å²) >= 11 is 0. The number of rotatable bonds is 5. The topological polar surface area (TPSA) is 131 Å². The normalized spacial score (nSPS) is 14.0. The number of anilines is 2. The van der Waals surface area contributed by atoms with Crippen LogP contribution in [-0.4, -0.2) is 77.2 Å². The number of carboxylic acids is 1. The Morgan fingerprint density at radius 2 is 1.64 bits per heavy atom. The highest BCUT2D eigenvalue weighted by atomic mass is 19.4. The molecular weight excluding hydrogens is 517 g/mol. The molecule has 3 aromatic rings. The van der Waals surface area contributed by atoms with Crippen molar-refractivity contribution in [2.75, 3.05) is 43.4 Å². The summed E-state index contributed by atoms with van der Waals surface area (Å²) in [4.78, 5) is 45.4. The number of halogens is 3. The molecule has 1 saturated heterocycles. The second-order valence-electron chi connectivity index (χ2n) is 8.74. The first kappa shape index (κ1) is 29.2. The van der Waals surface area contributed by atoms with Gasteiger partial charge in [-0.25, -0.2) is 9.78 Å². The number of amides is 2. The van der Waals surface area contributed by atoms with Crippen molar-refractivity contribution in [3.05, 3.63) is 66.6 Å². The molecule has 4 N–H and O–H groups in total. The first-order valence-corrected chi connectivity index (χ1v) is 12.0. The van der Waals surface area contributed by atoms with Crippen LogP contribution >= 0.6 is 0 Å². The van der Waals surface area contributed by atoms with Gasteiger partial charge in [0, 0.05) is 31.0 Å². The Labute approximate surface area is 222 Å². The van der Waals surface area contributed by atoms with Crippen molar-refractivity contribution in [3.63, 3.8) is 0 Å². The molecule has 0 radical (unpaired) electrons. The van der Waals surface area contributed by atoms with Gasteiger partial charge < -0.3 is 30.5 Å². The van der Waals surface area contributed by atoms with Crippen molar-refractivity contribution in [1.82, 2.24) is 20.2 Å². The molecule has 39 heavy (non-hydrogen) atoms. The SMILES string of the molecule is CN1CCCN(c2ccc(NC(=O)C(=O)NCc3ncc(-c4ccccc4)[nH]3)cc2)CC1.O=C(O)C(F)(F)F. The summed E-state index contributed by atoms with van der Waals surface area (Å²) < 4.78 is 31.7. The van der Waals surface area contributed by atoms with Gasteiger partial charge in [-0.15, -0.1) is 0 Å². The third-order valence-corrected chi connectivity index (χ3v) is 5.79. The number of benzene rings is 2. The maximum absolute atomic E-state index is 12.3. The van der Waals surface area contributed by atoms with E-state index in [1.807, 2.05) is 54.6 Å². The third kappa shape index (κ3) is 9.14. The highest BCUT2D eigenvalue weighted by Gasteiger charge is 2.38. The minimum absolute atomic E-state index is 0.140. The van der Waals surface area contributed by atoms with Gasteiger partial charge >= 0.3 is 24.0 Å². The molecule has 2 amide bonds. The van der Waals surface area contributed by atoms with Gasteiger partial charge in [-0.2, -0.15) is 13.2 Å². The van der Waals surface area contributed by atoms with Crippen molar-refractivity contribution in [1.29, 1.82) is 0 Å². The quantitative estimate of drug-likeness (QED) is 0.362. The van der Waals surface area contributed by atoms with E-state index in [1.54, 1.807) is 6.20 Å². The van der Waals surface area contributed by atoms with Crippen LogP contribution in [0.1, 0.15) is 12.2 Å². The number of alkyl halides is 3. The number of aromatic nitrogens is 2. The Kier molecular flexibility index (Phi) is 10.0. The minimum Gasteiger partial charge on any atom is -0.475 e. The van der Waals surface area contributed by atoms with E-state index in [2.05, 4.69) is 37.4 Å². The third-order valence-electron chi connectivity index (χ3n) is 5.79. The fraction of sp³-hybridized carbons (Fsp3) is 0.308. The molecule has 0 unspecified atom stereocenters. The van der Waals surface area contributed by atoms with E-state index in [1.165, 1.54) is 0 Å². The van der Waals surface area contributed by atoms with Gasteiger partial charge in [-0.05, 0) is 49.8 Å². The smallest absolute Gasteiger partial charge is 0.475 e. The molecule has 4 rings (SSSR count). The fourth-order valence-corrected chi connectivity index (χ4v) is 3.71. The van der Waals surface area contributed by atoms with Crippen LogP contribution in [0.15, 0.2) is 60.8 Å². The molecule has 13 heteroatoms. The number of carboxylic acid groups (broad SMARTS) is 1. The average Bonchev–Trinajstić information content (AvgIpc) is 3.28. The molecule has 1 fully saturated rings. The van der Waals surface area contributed by atoms with Crippen molar-refractivity contribution >= 4 is 29.2 Å². The standard InChI is InChI=1S/C24H28N6O2.C2HF3O2/c1-29-12-5-13-30(15-14-29)20-10-8-19(9-11-20)27-24(32)23(31)26-17-22-25-16-21(28-22)18-6-3-2-4-7-18;3-2(4,5)1(6)7/h2-4,6-11,16H,5,12-15,17H2,1H3,(H,25,28)(H,26,31)(H,27,32);(H,6,7). The van der Waals surface area contributed by atoms with Gasteiger partial charge in [0.2, 0.25) is 0 Å². The van der Waals surface area contributed by atoms with Crippen molar-refractivity contribution in [2.24, 2.45) is 0 Å². The van der Waals surface area contributed by atoms with Crippen LogP contribution in [0.3, 0.4) is 0 Å². The molecule has 0 atom stereocenters. The highest BCUT2D eigenvalue weighted by Crippen LogP contribution is 2.20. The summed E-state index contributed by atoms with van der Waals surface area (Å²) in [7, 11) is 2.14. The summed E-state index contributed by atoms with van der Waals surface area (Å²) in [5, 5.41) is 12.4. The van der Waals surface area contributed by atoms with Crippen molar-refractivity contribution in [2.45, 2.75) is 19.1 Å². The summed E-state index contributed by atoms with van der Waals surface area (Å²) in [6.07, 6.45) is -2.25. The summed E-state index contributed by atoms with van der Waals surface area (Å²) in [6.45, 7) is 4.26. The maximum Gasteiger partial charge on any atom is 0.490 e. The number of H-pyrrole nitrogens is 1. The number of nitrogens with zero attached hydrogens (tertiary/aromatic N) is 3. The Morgan fingerprint density at radius 3 is 2.28 bits per heavy atom. The lowest BCUT2D eigenvalue weighted by atomic mass is 10.2. The predicted octanol–water partition coefficient (Wildman–Crippen LogP) is 3.11. The number of hydrogen-bond acceptors (Lipinski definition) is 6. The summed E-state index contributed by atoms with van der Waals surface area (Å²) in [5.74, 6) is -3.59. The van der Waals surface area contributed by atoms with Crippen molar-refractivity contribution < 1.29 is 32.7 Å². The second kappa shape index (κ2) is 13.4. The molecule has 0 spiro atoms. The minimum atomic E-state index is -5.08. The van der Waals surface area contributed by atoms with Crippen LogP contribution in [0, 0.1) is 0 Å². The first-order chi connectivity index (χ1) is 18.5. The summed E-state index contributed by atoms with van der Waals surface area (Å²) in [5.41, 5.74) is 3.57. The van der Waals surface area contributed by atoms with E-state index >= 15 is 0 Å². The van der Waals surface area contributed by atoms with Crippen molar-refractivity contribution in [3.8, 4) is 11.3 Å². The molecule has 10 nitrogen and oxygen atoms in total. The number of likely N-dealkylation sites (N-methyl/N-ethyl adjacent to an activating group) is 1. The molecule has 2 heterocycles. The zero-order valence-electron chi connectivity index (χ0n) is 21.2. The number of nitrogens with one attached hydrogen (secondary N) is 3. The van der Waals surface area contributed by atoms with Crippen LogP contribution in [0.2, 0.25) is 0 Å². The zero-order valence-corrected chi connectivity index (χ0v) is 21.2. The van der Waals surface area contributed by atoms with Gasteiger partial charge in [0.25, 0.3) is 0 Å². The molecule has 1 aliphatic heterocycles. The van der Waals surface area contributed by atoms with E-state index in [9.17, 15) is 22.8 Å². The highest BCUT2D eigenvalue weighted by molar-refractivity contribution is 6.39. The average molecular weight is 547 g/mol. The van der Waals surface area contributed by atoms with Gasteiger partial charge in [-0.1, -0.05) is 30.3 Å².